The zero-order valence-corrected chi connectivity index (χ0v) is 13.6. The molecule has 1 aromatic rings. The van der Waals surface area contributed by atoms with Crippen LogP contribution in [0.4, 0.5) is 8.78 Å². The van der Waals surface area contributed by atoms with E-state index in [2.05, 4.69) is 21.8 Å². The Morgan fingerprint density at radius 2 is 2.21 bits per heavy atom. The summed E-state index contributed by atoms with van der Waals surface area (Å²) in [6.07, 6.45) is -0.0295. The van der Waals surface area contributed by atoms with Crippen LogP contribution in [0.25, 0.3) is 0 Å². The molecular weight excluding hydrogens is 314 g/mol. The summed E-state index contributed by atoms with van der Waals surface area (Å²) in [5, 5.41) is 3.12. The summed E-state index contributed by atoms with van der Waals surface area (Å²) in [6.45, 7) is 7.41. The Balaban J connectivity index is 1.71. The molecule has 2 heterocycles. The third-order valence-corrected chi connectivity index (χ3v) is 4.42. The van der Waals surface area contributed by atoms with E-state index in [4.69, 9.17) is 10.5 Å². The molecule has 0 aromatic heterocycles. The van der Waals surface area contributed by atoms with Crippen molar-refractivity contribution in [3.05, 3.63) is 47.7 Å². The zero-order valence-electron chi connectivity index (χ0n) is 13.6. The van der Waals surface area contributed by atoms with E-state index in [1.54, 1.807) is 0 Å². The first kappa shape index (κ1) is 17.0. The molecule has 5 nitrogen and oxygen atoms in total. The minimum atomic E-state index is -0.643. The topological polar surface area (TPSA) is 62.9 Å². The maximum Gasteiger partial charge on any atom is 0.129 e. The first-order valence-electron chi connectivity index (χ1n) is 7.96. The second-order valence-electron chi connectivity index (χ2n) is 6.33. The maximum atomic E-state index is 14.0. The molecule has 2 unspecified atom stereocenters. The summed E-state index contributed by atoms with van der Waals surface area (Å²) in [5.74, 6) is -0.171. The Morgan fingerprint density at radius 3 is 2.96 bits per heavy atom. The van der Waals surface area contributed by atoms with Crippen molar-refractivity contribution in [2.75, 3.05) is 19.8 Å². The highest BCUT2D eigenvalue weighted by atomic mass is 19.1. The van der Waals surface area contributed by atoms with Gasteiger partial charge in [0.2, 0.25) is 0 Å². The number of nitrogens with zero attached hydrogens (tertiary/aromatic N) is 2. The van der Waals surface area contributed by atoms with Crippen molar-refractivity contribution in [1.29, 1.82) is 0 Å². The molecule has 7 heteroatoms. The standard InChI is InChI=1S/C17H22F2N4O/c1-10-7-23(9-21-11(2)22-10)13-6-16(20)17(24-8-13)14-5-12(18)3-4-15(14)19/h3-5,13,16-17H,1,6-9,20H2,2H3,(H,21,22)/t13?,16?,17-/m1/s1. The first-order chi connectivity index (χ1) is 11.4. The lowest BCUT2D eigenvalue weighted by atomic mass is 9.93. The highest BCUT2D eigenvalue weighted by molar-refractivity contribution is 5.81. The van der Waals surface area contributed by atoms with Gasteiger partial charge in [-0.15, -0.1) is 0 Å². The van der Waals surface area contributed by atoms with Gasteiger partial charge in [0.25, 0.3) is 0 Å². The highest BCUT2D eigenvalue weighted by Gasteiger charge is 2.35. The van der Waals surface area contributed by atoms with Crippen LogP contribution in [-0.2, 0) is 4.74 Å². The number of hydrogen-bond acceptors (Lipinski definition) is 5. The van der Waals surface area contributed by atoms with E-state index in [0.717, 1.165) is 29.7 Å². The van der Waals surface area contributed by atoms with Crippen LogP contribution in [0.1, 0.15) is 25.0 Å². The zero-order chi connectivity index (χ0) is 17.3. The van der Waals surface area contributed by atoms with Crippen LogP contribution < -0.4 is 11.1 Å². The quantitative estimate of drug-likeness (QED) is 0.866. The lowest BCUT2D eigenvalue weighted by molar-refractivity contribution is -0.0492. The summed E-state index contributed by atoms with van der Waals surface area (Å²) in [5.41, 5.74) is 7.25. The number of nitrogens with two attached hydrogens (primary N) is 1. The van der Waals surface area contributed by atoms with Crippen LogP contribution in [0.3, 0.4) is 0 Å². The largest absolute Gasteiger partial charge is 0.370 e. The minimum Gasteiger partial charge on any atom is -0.370 e. The molecule has 1 saturated heterocycles. The molecule has 3 rings (SSSR count). The summed E-state index contributed by atoms with van der Waals surface area (Å²) in [7, 11) is 0. The van der Waals surface area contributed by atoms with Gasteiger partial charge in [-0.3, -0.25) is 9.89 Å². The van der Waals surface area contributed by atoms with Gasteiger partial charge >= 0.3 is 0 Å². The summed E-state index contributed by atoms with van der Waals surface area (Å²) >= 11 is 0. The number of ether oxygens (including phenoxy) is 1. The normalized spacial score (nSPS) is 28.9. The highest BCUT2D eigenvalue weighted by Crippen LogP contribution is 2.31. The van der Waals surface area contributed by atoms with Gasteiger partial charge in [0, 0.05) is 29.9 Å². The summed E-state index contributed by atoms with van der Waals surface area (Å²) in [4.78, 5) is 6.55. The molecule has 2 aliphatic rings. The molecule has 0 spiro atoms. The number of hydrogen-bond donors (Lipinski definition) is 2. The van der Waals surface area contributed by atoms with Gasteiger partial charge in [-0.25, -0.2) is 8.78 Å². The van der Waals surface area contributed by atoms with E-state index in [0.29, 0.717) is 26.2 Å². The molecule has 1 fully saturated rings. The third kappa shape index (κ3) is 3.63. The predicted molar refractivity (Wildman–Crippen MR) is 88.4 cm³/mol. The van der Waals surface area contributed by atoms with Gasteiger partial charge in [-0.2, -0.15) is 0 Å². The predicted octanol–water partition coefficient (Wildman–Crippen LogP) is 1.92. The van der Waals surface area contributed by atoms with Gasteiger partial charge in [0.1, 0.15) is 17.7 Å². The first-order valence-corrected chi connectivity index (χ1v) is 7.96. The van der Waals surface area contributed by atoms with E-state index < -0.39 is 23.8 Å². The number of benzene rings is 1. The molecule has 3 N–H and O–H groups in total. The Kier molecular flexibility index (Phi) is 4.93. The van der Waals surface area contributed by atoms with Gasteiger partial charge in [-0.1, -0.05) is 6.58 Å². The van der Waals surface area contributed by atoms with E-state index in [1.165, 1.54) is 0 Å². The number of rotatable bonds is 2. The minimum absolute atomic E-state index is 0.0565. The SMILES string of the molecule is C=C1CN(C2CO[C@H](c3cc(F)ccc3F)C(N)C2)CN=C(C)N1. The summed E-state index contributed by atoms with van der Waals surface area (Å²) in [6, 6.07) is 2.99. The maximum absolute atomic E-state index is 14.0. The van der Waals surface area contributed by atoms with E-state index >= 15 is 0 Å². The number of halogens is 2. The fourth-order valence-electron chi connectivity index (χ4n) is 3.22. The lowest BCUT2D eigenvalue weighted by Gasteiger charge is -2.39. The van der Waals surface area contributed by atoms with Crippen LogP contribution in [-0.4, -0.2) is 42.6 Å². The van der Waals surface area contributed by atoms with Gasteiger partial charge in [0.05, 0.1) is 19.1 Å². The van der Waals surface area contributed by atoms with Gasteiger partial charge < -0.3 is 15.8 Å². The number of aliphatic imine (C=N–C) groups is 1. The molecule has 130 valence electrons. The molecule has 0 bridgehead atoms. The van der Waals surface area contributed by atoms with E-state index in [1.807, 2.05) is 6.92 Å². The molecule has 0 saturated carbocycles. The van der Waals surface area contributed by atoms with Crippen LogP contribution >= 0.6 is 0 Å². The van der Waals surface area contributed by atoms with Gasteiger partial charge in [-0.05, 0) is 31.5 Å². The molecule has 3 atom stereocenters. The molecule has 0 amide bonds. The van der Waals surface area contributed by atoms with Crippen molar-refractivity contribution in [2.24, 2.45) is 10.7 Å². The lowest BCUT2D eigenvalue weighted by Crippen LogP contribution is -2.49. The van der Waals surface area contributed by atoms with Crippen LogP contribution in [0.2, 0.25) is 0 Å². The van der Waals surface area contributed by atoms with Crippen LogP contribution in [0, 0.1) is 11.6 Å². The van der Waals surface area contributed by atoms with Crippen molar-refractivity contribution in [3.8, 4) is 0 Å². The van der Waals surface area contributed by atoms with E-state index in [-0.39, 0.29) is 11.6 Å². The van der Waals surface area contributed by atoms with Crippen LogP contribution in [0.15, 0.2) is 35.5 Å². The number of amidine groups is 1. The van der Waals surface area contributed by atoms with Crippen molar-refractivity contribution in [2.45, 2.75) is 31.5 Å². The Hall–Kier alpha value is -1.83. The molecule has 0 radical (unpaired) electrons. The monoisotopic (exact) mass is 336 g/mol. The molecule has 24 heavy (non-hydrogen) atoms. The average molecular weight is 336 g/mol. The Morgan fingerprint density at radius 1 is 1.42 bits per heavy atom. The molecule has 0 aliphatic carbocycles. The van der Waals surface area contributed by atoms with Crippen molar-refractivity contribution in [1.82, 2.24) is 10.2 Å². The van der Waals surface area contributed by atoms with Crippen molar-refractivity contribution < 1.29 is 13.5 Å². The number of nitrogens with one attached hydrogen (secondary N) is 1. The average Bonchev–Trinajstić information content (AvgIpc) is 2.70. The van der Waals surface area contributed by atoms with Crippen LogP contribution in [0.5, 0.6) is 0 Å². The molecule has 2 aliphatic heterocycles. The Bertz CT molecular complexity index is 664. The Labute approximate surface area is 140 Å². The van der Waals surface area contributed by atoms with Crippen molar-refractivity contribution in [3.63, 3.8) is 0 Å². The summed E-state index contributed by atoms with van der Waals surface area (Å²) < 4.78 is 33.2. The molecule has 1 aromatic carbocycles. The van der Waals surface area contributed by atoms with Gasteiger partial charge in [0.15, 0.2) is 0 Å². The fourth-order valence-corrected chi connectivity index (χ4v) is 3.22. The molecular formula is C17H22F2N4O. The smallest absolute Gasteiger partial charge is 0.129 e. The fraction of sp³-hybridized carbons (Fsp3) is 0.471. The second-order valence-corrected chi connectivity index (χ2v) is 6.33. The third-order valence-electron chi connectivity index (χ3n) is 4.42. The van der Waals surface area contributed by atoms with E-state index in [9.17, 15) is 8.78 Å². The second kappa shape index (κ2) is 6.96. The van der Waals surface area contributed by atoms with Crippen molar-refractivity contribution >= 4 is 5.84 Å².